The Bertz CT molecular complexity index is 511. The van der Waals surface area contributed by atoms with E-state index in [1.165, 1.54) is 44.1 Å². The number of halogens is 1. The van der Waals surface area contributed by atoms with Crippen LogP contribution in [0, 0.1) is 5.92 Å². The molecule has 0 amide bonds. The Hall–Kier alpha value is -0.980. The maximum absolute atomic E-state index is 5.96. The van der Waals surface area contributed by atoms with Crippen molar-refractivity contribution in [3.63, 3.8) is 0 Å². The van der Waals surface area contributed by atoms with Crippen molar-refractivity contribution in [2.24, 2.45) is 10.9 Å². The van der Waals surface area contributed by atoms with Gasteiger partial charge in [0.1, 0.15) is 5.75 Å². The minimum absolute atomic E-state index is 0. The smallest absolute Gasteiger partial charge is 0.191 e. The van der Waals surface area contributed by atoms with Gasteiger partial charge >= 0.3 is 0 Å². The fourth-order valence-corrected chi connectivity index (χ4v) is 2.92. The molecule has 0 heterocycles. The molecule has 1 aromatic carbocycles. The first-order valence-corrected chi connectivity index (χ1v) is 8.53. The molecule has 2 aliphatic rings. The summed E-state index contributed by atoms with van der Waals surface area (Å²) in [5.74, 6) is 2.67. The van der Waals surface area contributed by atoms with Crippen LogP contribution >= 0.6 is 24.0 Å². The standard InChI is InChI=1S/C18H27N3O.HI/c1-19-18(21-16-7-3-4-8-16)20-12-15-6-2-5-9-17(15)22-13-14-10-11-14;/h2,5-6,9,14,16H,3-4,7-8,10-13H2,1H3,(H2,19,20,21);1H. The number of hydrogen-bond acceptors (Lipinski definition) is 2. The summed E-state index contributed by atoms with van der Waals surface area (Å²) in [7, 11) is 1.83. The molecule has 0 radical (unpaired) electrons. The maximum atomic E-state index is 5.96. The first kappa shape index (κ1) is 18.4. The molecule has 3 rings (SSSR count). The molecule has 5 heteroatoms. The number of guanidine groups is 1. The van der Waals surface area contributed by atoms with Gasteiger partial charge in [-0.25, -0.2) is 0 Å². The van der Waals surface area contributed by atoms with Gasteiger partial charge in [-0.3, -0.25) is 4.99 Å². The van der Waals surface area contributed by atoms with E-state index in [1.807, 2.05) is 13.1 Å². The molecule has 2 saturated carbocycles. The molecule has 2 N–H and O–H groups in total. The van der Waals surface area contributed by atoms with Gasteiger partial charge in [-0.05, 0) is 37.7 Å². The summed E-state index contributed by atoms with van der Waals surface area (Å²) in [5, 5.41) is 6.93. The number of nitrogens with zero attached hydrogens (tertiary/aromatic N) is 1. The van der Waals surface area contributed by atoms with Gasteiger partial charge in [0.05, 0.1) is 6.61 Å². The highest BCUT2D eigenvalue weighted by molar-refractivity contribution is 14.0. The molecule has 0 atom stereocenters. The van der Waals surface area contributed by atoms with Crippen LogP contribution in [0.2, 0.25) is 0 Å². The zero-order valence-electron chi connectivity index (χ0n) is 13.9. The molecular weight excluding hydrogens is 401 g/mol. The highest BCUT2D eigenvalue weighted by Gasteiger charge is 2.22. The van der Waals surface area contributed by atoms with Crippen LogP contribution in [0.1, 0.15) is 44.1 Å². The summed E-state index contributed by atoms with van der Waals surface area (Å²) in [6, 6.07) is 8.86. The Morgan fingerprint density at radius 3 is 2.61 bits per heavy atom. The van der Waals surface area contributed by atoms with E-state index in [4.69, 9.17) is 4.74 Å². The molecule has 23 heavy (non-hydrogen) atoms. The fraction of sp³-hybridized carbons (Fsp3) is 0.611. The predicted molar refractivity (Wildman–Crippen MR) is 106 cm³/mol. The Kier molecular flexibility index (Phi) is 7.46. The Morgan fingerprint density at radius 1 is 1.17 bits per heavy atom. The molecular formula is C18H28IN3O. The van der Waals surface area contributed by atoms with Crippen molar-refractivity contribution in [1.29, 1.82) is 0 Å². The molecule has 4 nitrogen and oxygen atoms in total. The molecule has 0 unspecified atom stereocenters. The average Bonchev–Trinajstić information content (AvgIpc) is 3.25. The lowest BCUT2D eigenvalue weighted by Gasteiger charge is -2.18. The monoisotopic (exact) mass is 429 g/mol. The maximum Gasteiger partial charge on any atom is 0.191 e. The molecule has 0 aliphatic heterocycles. The van der Waals surface area contributed by atoms with Gasteiger partial charge in [0.2, 0.25) is 0 Å². The van der Waals surface area contributed by atoms with Gasteiger partial charge in [0, 0.05) is 25.2 Å². The van der Waals surface area contributed by atoms with Crippen molar-refractivity contribution in [2.75, 3.05) is 13.7 Å². The van der Waals surface area contributed by atoms with E-state index >= 15 is 0 Å². The van der Waals surface area contributed by atoms with Crippen LogP contribution in [0.4, 0.5) is 0 Å². The summed E-state index contributed by atoms with van der Waals surface area (Å²) in [5.41, 5.74) is 1.19. The summed E-state index contributed by atoms with van der Waals surface area (Å²) in [6.07, 6.45) is 7.79. The second-order valence-corrected chi connectivity index (χ2v) is 6.41. The third-order valence-corrected chi connectivity index (χ3v) is 4.51. The first-order chi connectivity index (χ1) is 10.8. The van der Waals surface area contributed by atoms with Gasteiger partial charge < -0.3 is 15.4 Å². The summed E-state index contributed by atoms with van der Waals surface area (Å²) >= 11 is 0. The van der Waals surface area contributed by atoms with Crippen LogP contribution in [-0.2, 0) is 6.54 Å². The molecule has 128 valence electrons. The van der Waals surface area contributed by atoms with Gasteiger partial charge in [-0.1, -0.05) is 31.0 Å². The van der Waals surface area contributed by atoms with Crippen molar-refractivity contribution in [3.05, 3.63) is 29.8 Å². The second kappa shape index (κ2) is 9.35. The zero-order valence-corrected chi connectivity index (χ0v) is 16.2. The summed E-state index contributed by atoms with van der Waals surface area (Å²) in [4.78, 5) is 4.33. The summed E-state index contributed by atoms with van der Waals surface area (Å²) < 4.78 is 5.96. The van der Waals surface area contributed by atoms with Crippen molar-refractivity contribution in [3.8, 4) is 5.75 Å². The van der Waals surface area contributed by atoms with E-state index in [1.54, 1.807) is 0 Å². The number of hydrogen-bond donors (Lipinski definition) is 2. The Labute approximate surface area is 156 Å². The topological polar surface area (TPSA) is 45.7 Å². The number of rotatable bonds is 6. The van der Waals surface area contributed by atoms with Crippen LogP contribution in [0.5, 0.6) is 5.75 Å². The van der Waals surface area contributed by atoms with Crippen LogP contribution in [-0.4, -0.2) is 25.7 Å². The normalized spacial score (nSPS) is 18.4. The second-order valence-electron chi connectivity index (χ2n) is 6.41. The summed E-state index contributed by atoms with van der Waals surface area (Å²) in [6.45, 7) is 1.60. The van der Waals surface area contributed by atoms with E-state index in [-0.39, 0.29) is 24.0 Å². The molecule has 0 bridgehead atoms. The first-order valence-electron chi connectivity index (χ1n) is 8.53. The Morgan fingerprint density at radius 2 is 1.91 bits per heavy atom. The van der Waals surface area contributed by atoms with E-state index < -0.39 is 0 Å². The highest BCUT2D eigenvalue weighted by Crippen LogP contribution is 2.30. The van der Waals surface area contributed by atoms with Crippen LogP contribution in [0.25, 0.3) is 0 Å². The molecule has 1 aromatic rings. The molecule has 2 fully saturated rings. The number of nitrogens with one attached hydrogen (secondary N) is 2. The van der Waals surface area contributed by atoms with Gasteiger partial charge in [-0.2, -0.15) is 0 Å². The minimum Gasteiger partial charge on any atom is -0.493 e. The van der Waals surface area contributed by atoms with Gasteiger partial charge in [0.25, 0.3) is 0 Å². The van der Waals surface area contributed by atoms with Gasteiger partial charge in [-0.15, -0.1) is 24.0 Å². The quantitative estimate of drug-likeness (QED) is 0.412. The van der Waals surface area contributed by atoms with Crippen LogP contribution < -0.4 is 15.4 Å². The molecule has 2 aliphatic carbocycles. The number of aliphatic imine (C=N–C) groups is 1. The van der Waals surface area contributed by atoms with E-state index in [9.17, 15) is 0 Å². The minimum atomic E-state index is 0. The lowest BCUT2D eigenvalue weighted by molar-refractivity contribution is 0.296. The highest BCUT2D eigenvalue weighted by atomic mass is 127. The van der Waals surface area contributed by atoms with Crippen molar-refractivity contribution in [1.82, 2.24) is 10.6 Å². The molecule has 0 saturated heterocycles. The van der Waals surface area contributed by atoms with Gasteiger partial charge in [0.15, 0.2) is 5.96 Å². The molecule has 0 aromatic heterocycles. The van der Waals surface area contributed by atoms with Crippen molar-refractivity contribution in [2.45, 2.75) is 51.1 Å². The Balaban J connectivity index is 0.00000192. The lowest BCUT2D eigenvalue weighted by Crippen LogP contribution is -2.41. The van der Waals surface area contributed by atoms with E-state index in [0.717, 1.165) is 30.8 Å². The van der Waals surface area contributed by atoms with Crippen LogP contribution in [0.15, 0.2) is 29.3 Å². The number of para-hydroxylation sites is 1. The third kappa shape index (κ3) is 5.86. The number of ether oxygens (including phenoxy) is 1. The molecule has 0 spiro atoms. The van der Waals surface area contributed by atoms with Crippen molar-refractivity contribution < 1.29 is 4.74 Å². The van der Waals surface area contributed by atoms with E-state index in [0.29, 0.717) is 6.04 Å². The SMILES string of the molecule is CN=C(NCc1ccccc1OCC1CC1)NC1CCCC1.I. The zero-order chi connectivity index (χ0) is 15.2. The average molecular weight is 429 g/mol. The number of benzene rings is 1. The third-order valence-electron chi connectivity index (χ3n) is 4.51. The van der Waals surface area contributed by atoms with Crippen molar-refractivity contribution >= 4 is 29.9 Å². The largest absolute Gasteiger partial charge is 0.493 e. The lowest BCUT2D eigenvalue weighted by atomic mass is 10.2. The van der Waals surface area contributed by atoms with E-state index in [2.05, 4.69) is 33.8 Å². The van der Waals surface area contributed by atoms with Crippen LogP contribution in [0.3, 0.4) is 0 Å². The fourth-order valence-electron chi connectivity index (χ4n) is 2.92. The predicted octanol–water partition coefficient (Wildman–Crippen LogP) is 3.70.